The van der Waals surface area contributed by atoms with Crippen molar-refractivity contribution in [3.05, 3.63) is 28.7 Å². The lowest BCUT2D eigenvalue weighted by molar-refractivity contribution is -0.125. The first-order valence-corrected chi connectivity index (χ1v) is 7.85. The Morgan fingerprint density at radius 1 is 1.57 bits per heavy atom. The zero-order chi connectivity index (χ0) is 14.4. The standard InChI is InChI=1S/C15H21BrN2O2.ClH/c1-11(20-14-6-2-5-13(16)8-14)9-18-15(19)12-4-3-7-17-10-12;/h2,5-6,8,11-12,17H,3-4,7,9-10H2,1H3,(H,18,19);1H. The number of carbonyl (C=O) groups is 1. The van der Waals surface area contributed by atoms with Gasteiger partial charge in [-0.3, -0.25) is 4.79 Å². The summed E-state index contributed by atoms with van der Waals surface area (Å²) in [5.41, 5.74) is 0. The summed E-state index contributed by atoms with van der Waals surface area (Å²) in [6.07, 6.45) is 1.99. The van der Waals surface area contributed by atoms with E-state index in [1.807, 2.05) is 31.2 Å². The lowest BCUT2D eigenvalue weighted by Crippen LogP contribution is -2.43. The summed E-state index contributed by atoms with van der Waals surface area (Å²) in [4.78, 5) is 12.0. The number of nitrogens with one attached hydrogen (secondary N) is 2. The van der Waals surface area contributed by atoms with E-state index < -0.39 is 0 Å². The van der Waals surface area contributed by atoms with Crippen molar-refractivity contribution in [3.8, 4) is 5.75 Å². The minimum absolute atomic E-state index is 0. The second kappa shape index (κ2) is 9.28. The van der Waals surface area contributed by atoms with E-state index >= 15 is 0 Å². The maximum absolute atomic E-state index is 12.0. The van der Waals surface area contributed by atoms with Crippen LogP contribution in [0.25, 0.3) is 0 Å². The summed E-state index contributed by atoms with van der Waals surface area (Å²) in [7, 11) is 0. The smallest absolute Gasteiger partial charge is 0.224 e. The predicted molar refractivity (Wildman–Crippen MR) is 90.1 cm³/mol. The van der Waals surface area contributed by atoms with E-state index in [1.54, 1.807) is 0 Å². The zero-order valence-corrected chi connectivity index (χ0v) is 14.5. The highest BCUT2D eigenvalue weighted by atomic mass is 79.9. The number of hydrogen-bond donors (Lipinski definition) is 2. The highest BCUT2D eigenvalue weighted by Crippen LogP contribution is 2.18. The molecule has 6 heteroatoms. The average molecular weight is 378 g/mol. The Kier molecular flexibility index (Phi) is 8.07. The number of hydrogen-bond acceptors (Lipinski definition) is 3. The zero-order valence-electron chi connectivity index (χ0n) is 12.1. The van der Waals surface area contributed by atoms with Crippen LogP contribution in [0.5, 0.6) is 5.75 Å². The topological polar surface area (TPSA) is 50.4 Å². The lowest BCUT2D eigenvalue weighted by Gasteiger charge is -2.23. The van der Waals surface area contributed by atoms with E-state index in [2.05, 4.69) is 26.6 Å². The monoisotopic (exact) mass is 376 g/mol. The molecule has 1 aromatic rings. The van der Waals surface area contributed by atoms with Gasteiger partial charge in [0.2, 0.25) is 5.91 Å². The molecule has 1 fully saturated rings. The molecule has 1 saturated heterocycles. The van der Waals surface area contributed by atoms with E-state index in [9.17, 15) is 4.79 Å². The molecule has 0 aliphatic carbocycles. The van der Waals surface area contributed by atoms with Crippen LogP contribution in [0.4, 0.5) is 0 Å². The van der Waals surface area contributed by atoms with Gasteiger partial charge < -0.3 is 15.4 Å². The maximum Gasteiger partial charge on any atom is 0.224 e. The van der Waals surface area contributed by atoms with Crippen LogP contribution < -0.4 is 15.4 Å². The molecular formula is C15H22BrClN2O2. The molecule has 1 amide bonds. The van der Waals surface area contributed by atoms with Gasteiger partial charge >= 0.3 is 0 Å². The van der Waals surface area contributed by atoms with Gasteiger partial charge in [-0.2, -0.15) is 0 Å². The summed E-state index contributed by atoms with van der Waals surface area (Å²) in [5.74, 6) is 1.03. The molecule has 1 heterocycles. The molecular weight excluding hydrogens is 356 g/mol. The third kappa shape index (κ3) is 6.24. The normalized spacial score (nSPS) is 19.2. The van der Waals surface area contributed by atoms with Crippen molar-refractivity contribution in [2.24, 2.45) is 5.92 Å². The van der Waals surface area contributed by atoms with Crippen molar-refractivity contribution < 1.29 is 9.53 Å². The third-order valence-corrected chi connectivity index (χ3v) is 3.86. The molecule has 1 aliphatic heterocycles. The van der Waals surface area contributed by atoms with Gasteiger partial charge in [-0.1, -0.05) is 22.0 Å². The fourth-order valence-corrected chi connectivity index (χ4v) is 2.66. The number of ether oxygens (including phenoxy) is 1. The molecule has 0 bridgehead atoms. The molecule has 2 atom stereocenters. The van der Waals surface area contributed by atoms with Crippen LogP contribution in [0.1, 0.15) is 19.8 Å². The number of carbonyl (C=O) groups excluding carboxylic acids is 1. The van der Waals surface area contributed by atoms with E-state index in [4.69, 9.17) is 4.74 Å². The Labute approximate surface area is 140 Å². The minimum atomic E-state index is -0.0511. The van der Waals surface area contributed by atoms with Gasteiger partial charge in [-0.05, 0) is 44.5 Å². The number of halogens is 2. The van der Waals surface area contributed by atoms with Crippen LogP contribution >= 0.6 is 28.3 Å². The lowest BCUT2D eigenvalue weighted by atomic mass is 9.99. The summed E-state index contributed by atoms with van der Waals surface area (Å²) in [5, 5.41) is 6.22. The fourth-order valence-electron chi connectivity index (χ4n) is 2.28. The van der Waals surface area contributed by atoms with Crippen molar-refractivity contribution >= 4 is 34.2 Å². The Hall–Kier alpha value is -0.780. The molecule has 118 valence electrons. The number of piperidine rings is 1. The largest absolute Gasteiger partial charge is 0.489 e. The van der Waals surface area contributed by atoms with E-state index in [0.717, 1.165) is 36.2 Å². The van der Waals surface area contributed by atoms with Crippen LogP contribution in [0.2, 0.25) is 0 Å². The Bertz CT molecular complexity index is 453. The third-order valence-electron chi connectivity index (χ3n) is 3.36. The second-order valence-corrected chi connectivity index (χ2v) is 6.09. The van der Waals surface area contributed by atoms with Gasteiger partial charge in [0, 0.05) is 11.0 Å². The fraction of sp³-hybridized carbons (Fsp3) is 0.533. The maximum atomic E-state index is 12.0. The number of benzene rings is 1. The summed E-state index contributed by atoms with van der Waals surface area (Å²) in [6.45, 7) is 4.29. The van der Waals surface area contributed by atoms with E-state index in [-0.39, 0.29) is 30.3 Å². The van der Waals surface area contributed by atoms with Crippen LogP contribution in [0.15, 0.2) is 28.7 Å². The highest BCUT2D eigenvalue weighted by molar-refractivity contribution is 9.10. The molecule has 0 saturated carbocycles. The first kappa shape index (κ1) is 18.3. The molecule has 0 spiro atoms. The Balaban J connectivity index is 0.00000220. The molecule has 1 aliphatic rings. The van der Waals surface area contributed by atoms with Gasteiger partial charge in [0.25, 0.3) is 0 Å². The predicted octanol–water partition coefficient (Wildman–Crippen LogP) is 2.75. The molecule has 4 nitrogen and oxygen atoms in total. The molecule has 0 aromatic heterocycles. The van der Waals surface area contributed by atoms with Crippen molar-refractivity contribution in [2.45, 2.75) is 25.9 Å². The Morgan fingerprint density at radius 2 is 2.38 bits per heavy atom. The SMILES string of the molecule is CC(CNC(=O)C1CCCNC1)Oc1cccc(Br)c1.Cl. The quantitative estimate of drug-likeness (QED) is 0.829. The number of rotatable bonds is 5. The molecule has 1 aromatic carbocycles. The Morgan fingerprint density at radius 3 is 3.05 bits per heavy atom. The molecule has 0 radical (unpaired) electrons. The average Bonchev–Trinajstić information content (AvgIpc) is 2.46. The van der Waals surface area contributed by atoms with Crippen molar-refractivity contribution in [1.82, 2.24) is 10.6 Å². The van der Waals surface area contributed by atoms with Gasteiger partial charge in [-0.15, -0.1) is 12.4 Å². The molecule has 2 rings (SSSR count). The second-order valence-electron chi connectivity index (χ2n) is 5.17. The molecule has 21 heavy (non-hydrogen) atoms. The van der Waals surface area contributed by atoms with Gasteiger partial charge in [0.05, 0.1) is 12.5 Å². The van der Waals surface area contributed by atoms with Gasteiger partial charge in [-0.25, -0.2) is 0 Å². The van der Waals surface area contributed by atoms with E-state index in [1.165, 1.54) is 0 Å². The first-order chi connectivity index (χ1) is 9.65. The highest BCUT2D eigenvalue weighted by Gasteiger charge is 2.21. The van der Waals surface area contributed by atoms with Gasteiger partial charge in [0.1, 0.15) is 11.9 Å². The minimum Gasteiger partial charge on any atom is -0.489 e. The van der Waals surface area contributed by atoms with Gasteiger partial charge in [0.15, 0.2) is 0 Å². The van der Waals surface area contributed by atoms with Crippen molar-refractivity contribution in [2.75, 3.05) is 19.6 Å². The summed E-state index contributed by atoms with van der Waals surface area (Å²) in [6, 6.07) is 7.71. The molecule has 2 unspecified atom stereocenters. The number of amides is 1. The summed E-state index contributed by atoms with van der Waals surface area (Å²) >= 11 is 3.41. The first-order valence-electron chi connectivity index (χ1n) is 7.06. The van der Waals surface area contributed by atoms with Crippen LogP contribution in [0.3, 0.4) is 0 Å². The summed E-state index contributed by atoms with van der Waals surface area (Å²) < 4.78 is 6.76. The van der Waals surface area contributed by atoms with Crippen LogP contribution in [-0.2, 0) is 4.79 Å². The van der Waals surface area contributed by atoms with Crippen molar-refractivity contribution in [1.29, 1.82) is 0 Å². The van der Waals surface area contributed by atoms with E-state index in [0.29, 0.717) is 6.54 Å². The van der Waals surface area contributed by atoms with Crippen molar-refractivity contribution in [3.63, 3.8) is 0 Å². The molecule has 2 N–H and O–H groups in total. The van der Waals surface area contributed by atoms with Crippen LogP contribution in [-0.4, -0.2) is 31.6 Å². The van der Waals surface area contributed by atoms with Crippen LogP contribution in [0, 0.1) is 5.92 Å².